The molecule has 0 bridgehead atoms. The number of fused-ring (bicyclic) bond motifs is 1. The quantitative estimate of drug-likeness (QED) is 0.494. The number of aromatic amines is 1. The molecule has 2 aromatic heterocycles. The molecule has 1 aromatic carbocycles. The number of nitrogens with one attached hydrogen (secondary N) is 2. The summed E-state index contributed by atoms with van der Waals surface area (Å²) >= 11 is 0. The maximum Gasteiger partial charge on any atom is 0.337 e. The van der Waals surface area contributed by atoms with Crippen molar-refractivity contribution in [3.8, 4) is 5.75 Å². The van der Waals surface area contributed by atoms with E-state index in [1.54, 1.807) is 12.1 Å². The van der Waals surface area contributed by atoms with E-state index in [0.717, 1.165) is 0 Å². The van der Waals surface area contributed by atoms with Crippen LogP contribution in [-0.2, 0) is 4.74 Å². The van der Waals surface area contributed by atoms with Crippen LogP contribution in [0.15, 0.2) is 30.9 Å². The molecule has 106 valence electrons. The number of hydrogen-bond donors (Lipinski definition) is 3. The molecule has 3 aromatic rings. The van der Waals surface area contributed by atoms with Crippen LogP contribution in [0.3, 0.4) is 0 Å². The van der Waals surface area contributed by atoms with Gasteiger partial charge < -0.3 is 20.1 Å². The van der Waals surface area contributed by atoms with Crippen molar-refractivity contribution in [2.24, 2.45) is 0 Å². The number of hydrogen-bond acceptors (Lipinski definition) is 7. The molecule has 0 aliphatic rings. The molecule has 3 rings (SSSR count). The first kappa shape index (κ1) is 12.9. The van der Waals surface area contributed by atoms with Crippen molar-refractivity contribution in [2.75, 3.05) is 12.4 Å². The summed E-state index contributed by atoms with van der Waals surface area (Å²) in [5.74, 6) is -0.141. The zero-order valence-electron chi connectivity index (χ0n) is 11.0. The maximum atomic E-state index is 11.4. The first-order valence-corrected chi connectivity index (χ1v) is 6.01. The zero-order valence-corrected chi connectivity index (χ0v) is 11.0. The summed E-state index contributed by atoms with van der Waals surface area (Å²) in [6.07, 6.45) is 2.87. The predicted molar refractivity (Wildman–Crippen MR) is 74.4 cm³/mol. The van der Waals surface area contributed by atoms with Gasteiger partial charge in [0.05, 0.1) is 24.7 Å². The Bertz CT molecular complexity index is 814. The molecule has 0 unspecified atom stereocenters. The Morgan fingerprint density at radius 1 is 1.33 bits per heavy atom. The van der Waals surface area contributed by atoms with Gasteiger partial charge in [-0.05, 0) is 18.2 Å². The van der Waals surface area contributed by atoms with Gasteiger partial charge in [-0.1, -0.05) is 0 Å². The molecular weight excluding hydrogens is 274 g/mol. The molecule has 8 nitrogen and oxygen atoms in total. The Morgan fingerprint density at radius 2 is 2.19 bits per heavy atom. The van der Waals surface area contributed by atoms with Crippen molar-refractivity contribution in [1.82, 2.24) is 19.9 Å². The number of ether oxygens (including phenoxy) is 1. The number of carbonyl (C=O) groups excluding carboxylic acids is 1. The average molecular weight is 285 g/mol. The molecule has 0 amide bonds. The number of phenols is 1. The molecule has 0 spiro atoms. The minimum atomic E-state index is -0.519. The summed E-state index contributed by atoms with van der Waals surface area (Å²) in [6.45, 7) is 0. The van der Waals surface area contributed by atoms with Gasteiger partial charge in [-0.2, -0.15) is 0 Å². The van der Waals surface area contributed by atoms with Crippen LogP contribution in [0, 0.1) is 0 Å². The number of aromatic hydroxyl groups is 1. The summed E-state index contributed by atoms with van der Waals surface area (Å²) in [4.78, 5) is 26.4. The first-order chi connectivity index (χ1) is 10.2. The summed E-state index contributed by atoms with van der Waals surface area (Å²) in [7, 11) is 1.28. The van der Waals surface area contributed by atoms with Crippen molar-refractivity contribution >= 4 is 28.6 Å². The van der Waals surface area contributed by atoms with E-state index in [1.165, 1.54) is 25.8 Å². The molecule has 0 aliphatic heterocycles. The van der Waals surface area contributed by atoms with Gasteiger partial charge in [0.25, 0.3) is 0 Å². The van der Waals surface area contributed by atoms with Crippen LogP contribution >= 0.6 is 0 Å². The van der Waals surface area contributed by atoms with E-state index in [9.17, 15) is 9.90 Å². The predicted octanol–water partition coefficient (Wildman–Crippen LogP) is 1.59. The first-order valence-electron chi connectivity index (χ1n) is 6.01. The van der Waals surface area contributed by atoms with Gasteiger partial charge in [0.15, 0.2) is 11.5 Å². The molecule has 2 heterocycles. The van der Waals surface area contributed by atoms with Crippen LogP contribution in [0.5, 0.6) is 5.75 Å². The summed E-state index contributed by atoms with van der Waals surface area (Å²) in [5.41, 5.74) is 1.79. The molecular formula is C13H11N5O3. The highest BCUT2D eigenvalue weighted by molar-refractivity contribution is 5.91. The van der Waals surface area contributed by atoms with Crippen LogP contribution < -0.4 is 5.32 Å². The summed E-state index contributed by atoms with van der Waals surface area (Å²) in [6, 6.07) is 4.42. The van der Waals surface area contributed by atoms with Gasteiger partial charge in [0.1, 0.15) is 17.6 Å². The van der Waals surface area contributed by atoms with Crippen molar-refractivity contribution in [3.05, 3.63) is 36.4 Å². The van der Waals surface area contributed by atoms with E-state index in [2.05, 4.69) is 30.0 Å². The molecule has 0 radical (unpaired) electrons. The third kappa shape index (κ3) is 2.34. The van der Waals surface area contributed by atoms with Crippen molar-refractivity contribution < 1.29 is 14.6 Å². The van der Waals surface area contributed by atoms with Crippen molar-refractivity contribution in [3.63, 3.8) is 0 Å². The van der Waals surface area contributed by atoms with E-state index in [0.29, 0.717) is 22.7 Å². The van der Waals surface area contributed by atoms with E-state index in [1.807, 2.05) is 0 Å². The number of methoxy groups -OCH3 is 1. The number of aromatic nitrogens is 4. The summed E-state index contributed by atoms with van der Waals surface area (Å²) < 4.78 is 4.59. The molecule has 0 aliphatic carbocycles. The highest BCUT2D eigenvalue weighted by atomic mass is 16.5. The second-order valence-electron chi connectivity index (χ2n) is 4.17. The minimum absolute atomic E-state index is 0.0934. The Labute approximate surface area is 118 Å². The molecule has 3 N–H and O–H groups in total. The van der Waals surface area contributed by atoms with Gasteiger partial charge in [-0.3, -0.25) is 0 Å². The Morgan fingerprint density at radius 3 is 2.95 bits per heavy atom. The van der Waals surface area contributed by atoms with Crippen LogP contribution in [-0.4, -0.2) is 38.1 Å². The number of phenolic OH excluding ortho intramolecular Hbond substituents is 1. The monoisotopic (exact) mass is 285 g/mol. The van der Waals surface area contributed by atoms with E-state index >= 15 is 0 Å². The largest absolute Gasteiger partial charge is 0.506 e. The zero-order chi connectivity index (χ0) is 14.8. The second kappa shape index (κ2) is 5.08. The number of rotatable bonds is 3. The van der Waals surface area contributed by atoms with E-state index in [4.69, 9.17) is 0 Å². The lowest BCUT2D eigenvalue weighted by atomic mass is 10.2. The van der Waals surface area contributed by atoms with Gasteiger partial charge in [0.2, 0.25) is 0 Å². The minimum Gasteiger partial charge on any atom is -0.506 e. The fourth-order valence-corrected chi connectivity index (χ4v) is 1.87. The Kier molecular flexibility index (Phi) is 3.11. The standard InChI is InChI=1S/C13H11N5O3/c1-21-13(20)7-2-3-8(9(19)4-7)18-12-10-11(15-5-14-10)16-6-17-12/h2-6,19H,1H3,(H2,14,15,16,17,18). The fourth-order valence-electron chi connectivity index (χ4n) is 1.87. The normalized spacial score (nSPS) is 10.5. The second-order valence-corrected chi connectivity index (χ2v) is 4.17. The average Bonchev–Trinajstić information content (AvgIpc) is 2.98. The highest BCUT2D eigenvalue weighted by Gasteiger charge is 2.11. The number of anilines is 2. The fraction of sp³-hybridized carbons (Fsp3) is 0.0769. The van der Waals surface area contributed by atoms with Crippen molar-refractivity contribution in [2.45, 2.75) is 0 Å². The van der Waals surface area contributed by atoms with Crippen LogP contribution in [0.4, 0.5) is 11.5 Å². The topological polar surface area (TPSA) is 113 Å². The number of imidazole rings is 1. The lowest BCUT2D eigenvalue weighted by Crippen LogP contribution is -2.02. The van der Waals surface area contributed by atoms with Gasteiger partial charge in [0, 0.05) is 0 Å². The molecule has 0 saturated heterocycles. The van der Waals surface area contributed by atoms with Crippen LogP contribution in [0.25, 0.3) is 11.2 Å². The van der Waals surface area contributed by atoms with Crippen LogP contribution in [0.1, 0.15) is 10.4 Å². The van der Waals surface area contributed by atoms with Gasteiger partial charge >= 0.3 is 5.97 Å². The Balaban J connectivity index is 1.95. The smallest absolute Gasteiger partial charge is 0.337 e. The molecule has 0 saturated carbocycles. The lowest BCUT2D eigenvalue weighted by Gasteiger charge is -2.09. The third-order valence-electron chi connectivity index (χ3n) is 2.89. The summed E-state index contributed by atoms with van der Waals surface area (Å²) in [5, 5.41) is 12.9. The lowest BCUT2D eigenvalue weighted by molar-refractivity contribution is 0.0600. The number of esters is 1. The van der Waals surface area contributed by atoms with E-state index in [-0.39, 0.29) is 11.3 Å². The number of nitrogens with zero attached hydrogens (tertiary/aromatic N) is 3. The van der Waals surface area contributed by atoms with Gasteiger partial charge in [-0.25, -0.2) is 19.7 Å². The molecule has 0 atom stereocenters. The molecule has 0 fully saturated rings. The van der Waals surface area contributed by atoms with Crippen LogP contribution in [0.2, 0.25) is 0 Å². The molecule has 21 heavy (non-hydrogen) atoms. The number of carbonyl (C=O) groups is 1. The third-order valence-corrected chi connectivity index (χ3v) is 2.89. The van der Waals surface area contributed by atoms with Crippen molar-refractivity contribution in [1.29, 1.82) is 0 Å². The SMILES string of the molecule is COC(=O)c1ccc(Nc2ncnc3nc[nH]c23)c(O)c1. The van der Waals surface area contributed by atoms with E-state index < -0.39 is 5.97 Å². The number of benzene rings is 1. The maximum absolute atomic E-state index is 11.4. The Hall–Kier alpha value is -3.16. The number of H-pyrrole nitrogens is 1. The molecule has 8 heteroatoms. The van der Waals surface area contributed by atoms with Gasteiger partial charge in [-0.15, -0.1) is 0 Å². The highest BCUT2D eigenvalue weighted by Crippen LogP contribution is 2.28.